The van der Waals surface area contributed by atoms with Crippen LogP contribution in [0.2, 0.25) is 0 Å². The number of rotatable bonds is 4. The number of carbonyl (C=O) groups is 1. The molecular weight excluding hydrogens is 196 g/mol. The second kappa shape index (κ2) is 4.42. The zero-order chi connectivity index (χ0) is 11.5. The van der Waals surface area contributed by atoms with E-state index in [1.165, 1.54) is 12.1 Å². The Morgan fingerprint density at radius 3 is 2.33 bits per heavy atom. The molecule has 4 nitrogen and oxygen atoms in total. The van der Waals surface area contributed by atoms with E-state index in [9.17, 15) is 15.0 Å². The van der Waals surface area contributed by atoms with Crippen molar-refractivity contribution in [3.63, 3.8) is 0 Å². The van der Waals surface area contributed by atoms with Crippen LogP contribution in [-0.2, 0) is 10.4 Å². The molecule has 0 aromatic heterocycles. The highest BCUT2D eigenvalue weighted by Gasteiger charge is 2.44. The fourth-order valence-corrected chi connectivity index (χ4v) is 1.45. The van der Waals surface area contributed by atoms with Gasteiger partial charge in [-0.15, -0.1) is 0 Å². The van der Waals surface area contributed by atoms with Gasteiger partial charge in [-0.2, -0.15) is 0 Å². The van der Waals surface area contributed by atoms with E-state index in [0.717, 1.165) is 0 Å². The van der Waals surface area contributed by atoms with Crippen LogP contribution in [0.5, 0.6) is 0 Å². The molecule has 4 heteroatoms. The Morgan fingerprint density at radius 2 is 1.93 bits per heavy atom. The molecule has 0 saturated heterocycles. The van der Waals surface area contributed by atoms with Crippen molar-refractivity contribution in [1.29, 1.82) is 0 Å². The van der Waals surface area contributed by atoms with Crippen molar-refractivity contribution in [2.75, 3.05) is 0 Å². The van der Waals surface area contributed by atoms with E-state index >= 15 is 0 Å². The lowest BCUT2D eigenvalue weighted by atomic mass is 9.87. The number of aliphatic carboxylic acids is 1. The molecule has 2 unspecified atom stereocenters. The molecule has 0 aliphatic carbocycles. The first kappa shape index (κ1) is 11.7. The second-order valence-corrected chi connectivity index (χ2v) is 3.36. The lowest BCUT2D eigenvalue weighted by Crippen LogP contribution is -2.46. The SMILES string of the molecule is CCC(O)C(O)(C(=O)O)c1ccccc1. The van der Waals surface area contributed by atoms with Gasteiger partial charge in [-0.25, -0.2) is 4.79 Å². The molecule has 0 radical (unpaired) electrons. The molecule has 0 spiro atoms. The van der Waals surface area contributed by atoms with Crippen LogP contribution >= 0.6 is 0 Å². The average molecular weight is 210 g/mol. The number of carboxylic acid groups (broad SMARTS) is 1. The van der Waals surface area contributed by atoms with Crippen molar-refractivity contribution < 1.29 is 20.1 Å². The van der Waals surface area contributed by atoms with Gasteiger partial charge in [0.25, 0.3) is 0 Å². The molecule has 1 aromatic rings. The molecule has 0 bridgehead atoms. The van der Waals surface area contributed by atoms with Crippen LogP contribution in [0.25, 0.3) is 0 Å². The number of carboxylic acids is 1. The summed E-state index contributed by atoms with van der Waals surface area (Å²) in [5.41, 5.74) is -2.04. The zero-order valence-corrected chi connectivity index (χ0v) is 8.42. The van der Waals surface area contributed by atoms with Gasteiger partial charge in [-0.05, 0) is 12.0 Å². The van der Waals surface area contributed by atoms with Gasteiger partial charge < -0.3 is 15.3 Å². The van der Waals surface area contributed by atoms with Gasteiger partial charge in [0.2, 0.25) is 5.60 Å². The van der Waals surface area contributed by atoms with Gasteiger partial charge in [0.05, 0.1) is 6.10 Å². The molecule has 0 aliphatic heterocycles. The normalized spacial score (nSPS) is 16.7. The van der Waals surface area contributed by atoms with Crippen LogP contribution in [0, 0.1) is 0 Å². The second-order valence-electron chi connectivity index (χ2n) is 3.36. The molecule has 3 N–H and O–H groups in total. The molecule has 2 atom stereocenters. The van der Waals surface area contributed by atoms with Crippen molar-refractivity contribution in [3.8, 4) is 0 Å². The number of aliphatic hydroxyl groups is 2. The summed E-state index contributed by atoms with van der Waals surface area (Å²) < 4.78 is 0. The number of hydrogen-bond acceptors (Lipinski definition) is 3. The minimum atomic E-state index is -2.23. The van der Waals surface area contributed by atoms with Gasteiger partial charge in [-0.3, -0.25) is 0 Å². The Labute approximate surface area is 87.8 Å². The number of aliphatic hydroxyl groups excluding tert-OH is 1. The lowest BCUT2D eigenvalue weighted by molar-refractivity contribution is -0.174. The van der Waals surface area contributed by atoms with Crippen LogP contribution < -0.4 is 0 Å². The predicted molar refractivity (Wildman–Crippen MR) is 54.3 cm³/mol. The van der Waals surface area contributed by atoms with Gasteiger partial charge in [0.15, 0.2) is 0 Å². The summed E-state index contributed by atoms with van der Waals surface area (Å²) in [7, 11) is 0. The summed E-state index contributed by atoms with van der Waals surface area (Å²) in [5, 5.41) is 28.5. The number of benzene rings is 1. The highest BCUT2D eigenvalue weighted by Crippen LogP contribution is 2.27. The van der Waals surface area contributed by atoms with Crippen LogP contribution in [0.4, 0.5) is 0 Å². The zero-order valence-electron chi connectivity index (χ0n) is 8.42. The molecule has 0 saturated carbocycles. The number of hydrogen-bond donors (Lipinski definition) is 3. The summed E-state index contributed by atoms with van der Waals surface area (Å²) in [5.74, 6) is -1.44. The average Bonchev–Trinajstić information content (AvgIpc) is 2.27. The molecule has 0 amide bonds. The van der Waals surface area contributed by atoms with Crippen molar-refractivity contribution in [2.24, 2.45) is 0 Å². The van der Waals surface area contributed by atoms with E-state index in [2.05, 4.69) is 0 Å². The largest absolute Gasteiger partial charge is 0.479 e. The fourth-order valence-electron chi connectivity index (χ4n) is 1.45. The maximum atomic E-state index is 11.0. The Hall–Kier alpha value is -1.39. The third-order valence-electron chi connectivity index (χ3n) is 2.41. The highest BCUT2D eigenvalue weighted by atomic mass is 16.4. The van der Waals surface area contributed by atoms with E-state index in [4.69, 9.17) is 5.11 Å². The Balaban J connectivity index is 3.19. The van der Waals surface area contributed by atoms with E-state index in [-0.39, 0.29) is 12.0 Å². The van der Waals surface area contributed by atoms with E-state index in [1.807, 2.05) is 0 Å². The first-order valence-corrected chi connectivity index (χ1v) is 4.72. The molecule has 0 heterocycles. The summed E-state index contributed by atoms with van der Waals surface area (Å²) in [6.07, 6.45) is -1.16. The molecular formula is C11H14O4. The third-order valence-corrected chi connectivity index (χ3v) is 2.41. The van der Waals surface area contributed by atoms with E-state index in [1.54, 1.807) is 25.1 Å². The van der Waals surface area contributed by atoms with Gasteiger partial charge in [0, 0.05) is 0 Å². The summed E-state index contributed by atoms with van der Waals surface area (Å²) in [6.45, 7) is 1.61. The minimum Gasteiger partial charge on any atom is -0.479 e. The summed E-state index contributed by atoms with van der Waals surface area (Å²) in [6, 6.07) is 7.90. The first-order chi connectivity index (χ1) is 7.03. The van der Waals surface area contributed by atoms with Gasteiger partial charge in [0.1, 0.15) is 0 Å². The lowest BCUT2D eigenvalue weighted by Gasteiger charge is -2.28. The van der Waals surface area contributed by atoms with Crippen molar-refractivity contribution in [2.45, 2.75) is 25.0 Å². The topological polar surface area (TPSA) is 77.8 Å². The summed E-state index contributed by atoms with van der Waals surface area (Å²) >= 11 is 0. The first-order valence-electron chi connectivity index (χ1n) is 4.72. The van der Waals surface area contributed by atoms with Crippen molar-refractivity contribution in [3.05, 3.63) is 35.9 Å². The van der Waals surface area contributed by atoms with Gasteiger partial charge >= 0.3 is 5.97 Å². The maximum Gasteiger partial charge on any atom is 0.343 e. The van der Waals surface area contributed by atoms with Crippen molar-refractivity contribution >= 4 is 5.97 Å². The molecule has 1 aromatic carbocycles. The van der Waals surface area contributed by atoms with Crippen LogP contribution in [0.1, 0.15) is 18.9 Å². The summed E-state index contributed by atoms with van der Waals surface area (Å²) in [4.78, 5) is 11.0. The molecule has 82 valence electrons. The van der Waals surface area contributed by atoms with E-state index < -0.39 is 17.7 Å². The Morgan fingerprint density at radius 1 is 1.40 bits per heavy atom. The van der Waals surface area contributed by atoms with E-state index in [0.29, 0.717) is 0 Å². The van der Waals surface area contributed by atoms with Crippen LogP contribution in [-0.4, -0.2) is 27.4 Å². The van der Waals surface area contributed by atoms with Crippen LogP contribution in [0.3, 0.4) is 0 Å². The quantitative estimate of drug-likeness (QED) is 0.684. The molecule has 15 heavy (non-hydrogen) atoms. The fraction of sp³-hybridized carbons (Fsp3) is 0.364. The molecule has 0 fully saturated rings. The Bertz CT molecular complexity index is 336. The highest BCUT2D eigenvalue weighted by molar-refractivity contribution is 5.80. The van der Waals surface area contributed by atoms with Crippen LogP contribution in [0.15, 0.2) is 30.3 Å². The standard InChI is InChI=1S/C11H14O4/c1-2-9(12)11(15,10(13)14)8-6-4-3-5-7-8/h3-7,9,12,15H,2H2,1H3,(H,13,14). The maximum absolute atomic E-state index is 11.0. The monoisotopic (exact) mass is 210 g/mol. The smallest absolute Gasteiger partial charge is 0.343 e. The molecule has 0 aliphatic rings. The Kier molecular flexibility index (Phi) is 3.44. The minimum absolute atomic E-state index is 0.164. The van der Waals surface area contributed by atoms with Crippen molar-refractivity contribution in [1.82, 2.24) is 0 Å². The predicted octanol–water partition coefficient (Wildman–Crippen LogP) is 0.730. The molecule has 1 rings (SSSR count). The third kappa shape index (κ3) is 2.00. The van der Waals surface area contributed by atoms with Gasteiger partial charge in [-0.1, -0.05) is 37.3 Å².